The highest BCUT2D eigenvalue weighted by atomic mass is 32.2. The molecule has 1 amide bonds. The number of carbonyl (C=O) groups excluding carboxylic acids is 1. The van der Waals surface area contributed by atoms with E-state index in [9.17, 15) is 18.0 Å². The molecule has 1 aliphatic heterocycles. The Morgan fingerprint density at radius 1 is 1.09 bits per heavy atom. The number of hydrogen-bond donors (Lipinski definition) is 1. The fourth-order valence-electron chi connectivity index (χ4n) is 3.13. The Bertz CT molecular complexity index is 1100. The fourth-order valence-corrected chi connectivity index (χ4v) is 4.05. The first-order valence-corrected chi connectivity index (χ1v) is 10.8. The van der Waals surface area contributed by atoms with Gasteiger partial charge in [0.05, 0.1) is 22.7 Å². The number of nitrogens with one attached hydrogen (secondary N) is 1. The van der Waals surface area contributed by atoms with E-state index in [0.29, 0.717) is 11.6 Å². The number of piperazine rings is 1. The SMILES string of the molecule is O=C(c1cccnc1)N(SCc1ccnc(N2CCNCC2)n1)c1ccc(F)c(F)c1F. The lowest BCUT2D eigenvalue weighted by atomic mass is 10.2. The summed E-state index contributed by atoms with van der Waals surface area (Å²) >= 11 is 0.921. The van der Waals surface area contributed by atoms with Crippen molar-refractivity contribution in [1.82, 2.24) is 20.3 Å². The number of anilines is 2. The summed E-state index contributed by atoms with van der Waals surface area (Å²) in [5.74, 6) is -4.31. The Balaban J connectivity index is 1.60. The van der Waals surface area contributed by atoms with E-state index >= 15 is 0 Å². The van der Waals surface area contributed by atoms with E-state index in [1.165, 1.54) is 18.5 Å². The first-order chi connectivity index (χ1) is 15.5. The van der Waals surface area contributed by atoms with E-state index in [1.54, 1.807) is 18.3 Å². The van der Waals surface area contributed by atoms with Gasteiger partial charge < -0.3 is 10.2 Å². The lowest BCUT2D eigenvalue weighted by molar-refractivity contribution is 0.101. The number of hydrogen-bond acceptors (Lipinski definition) is 7. The number of benzene rings is 1. The molecule has 166 valence electrons. The molecule has 3 heterocycles. The second-order valence-electron chi connectivity index (χ2n) is 6.89. The molecule has 0 unspecified atom stereocenters. The predicted octanol–water partition coefficient (Wildman–Crippen LogP) is 3.19. The Hall–Kier alpha value is -3.18. The van der Waals surface area contributed by atoms with Crippen molar-refractivity contribution >= 4 is 29.5 Å². The van der Waals surface area contributed by atoms with Crippen LogP contribution >= 0.6 is 11.9 Å². The Morgan fingerprint density at radius 3 is 2.66 bits per heavy atom. The van der Waals surface area contributed by atoms with E-state index in [-0.39, 0.29) is 17.0 Å². The Morgan fingerprint density at radius 2 is 1.91 bits per heavy atom. The molecule has 4 rings (SSSR count). The molecule has 1 aromatic carbocycles. The first-order valence-electron chi connectivity index (χ1n) is 9.83. The Labute approximate surface area is 186 Å². The minimum atomic E-state index is -1.64. The van der Waals surface area contributed by atoms with E-state index in [4.69, 9.17) is 0 Å². The number of rotatable bonds is 6. The van der Waals surface area contributed by atoms with Crippen LogP contribution in [0.2, 0.25) is 0 Å². The van der Waals surface area contributed by atoms with Gasteiger partial charge in [-0.2, -0.15) is 0 Å². The van der Waals surface area contributed by atoms with E-state index in [1.807, 2.05) is 4.90 Å². The third kappa shape index (κ3) is 4.83. The summed E-state index contributed by atoms with van der Waals surface area (Å²) in [5.41, 5.74) is 0.387. The zero-order valence-corrected chi connectivity index (χ0v) is 17.7. The van der Waals surface area contributed by atoms with Gasteiger partial charge in [-0.1, -0.05) is 0 Å². The van der Waals surface area contributed by atoms with Crippen molar-refractivity contribution in [2.75, 3.05) is 35.4 Å². The van der Waals surface area contributed by atoms with Crippen LogP contribution in [0.5, 0.6) is 0 Å². The molecule has 2 aromatic heterocycles. The molecule has 0 bridgehead atoms. The van der Waals surface area contributed by atoms with Crippen LogP contribution in [0.1, 0.15) is 16.1 Å². The van der Waals surface area contributed by atoms with Gasteiger partial charge in [0.1, 0.15) is 0 Å². The Kier molecular flexibility index (Phi) is 6.86. The van der Waals surface area contributed by atoms with Crippen LogP contribution in [-0.4, -0.2) is 47.0 Å². The van der Waals surface area contributed by atoms with Crippen LogP contribution in [0.25, 0.3) is 0 Å². The molecular weight excluding hydrogens is 441 g/mol. The number of nitrogens with zero attached hydrogens (tertiary/aromatic N) is 5. The summed E-state index contributed by atoms with van der Waals surface area (Å²) in [7, 11) is 0. The normalized spacial score (nSPS) is 13.8. The number of carbonyl (C=O) groups is 1. The molecule has 3 aromatic rings. The maximum Gasteiger partial charge on any atom is 0.270 e. The van der Waals surface area contributed by atoms with Crippen LogP contribution in [0.15, 0.2) is 48.9 Å². The lowest BCUT2D eigenvalue weighted by Crippen LogP contribution is -2.44. The second-order valence-corrected chi connectivity index (χ2v) is 7.81. The van der Waals surface area contributed by atoms with E-state index in [0.717, 1.165) is 54.6 Å². The largest absolute Gasteiger partial charge is 0.338 e. The number of amides is 1. The van der Waals surface area contributed by atoms with Crippen LogP contribution in [0.4, 0.5) is 24.8 Å². The van der Waals surface area contributed by atoms with Crippen molar-refractivity contribution in [1.29, 1.82) is 0 Å². The molecule has 1 saturated heterocycles. The van der Waals surface area contributed by atoms with Gasteiger partial charge >= 0.3 is 0 Å². The molecule has 0 aliphatic carbocycles. The third-order valence-corrected chi connectivity index (χ3v) is 5.81. The molecule has 1 N–H and O–H groups in total. The van der Waals surface area contributed by atoms with Gasteiger partial charge in [0.25, 0.3) is 5.91 Å². The highest BCUT2D eigenvalue weighted by Gasteiger charge is 2.25. The highest BCUT2D eigenvalue weighted by Crippen LogP contribution is 2.31. The van der Waals surface area contributed by atoms with Crippen molar-refractivity contribution in [3.05, 3.63) is 77.6 Å². The minimum Gasteiger partial charge on any atom is -0.338 e. The summed E-state index contributed by atoms with van der Waals surface area (Å²) < 4.78 is 42.9. The fraction of sp³-hybridized carbons (Fsp3) is 0.238. The zero-order valence-electron chi connectivity index (χ0n) is 16.8. The van der Waals surface area contributed by atoms with Gasteiger partial charge in [0.2, 0.25) is 5.95 Å². The standard InChI is InChI=1S/C21H19F3N6OS/c22-16-3-4-17(19(24)18(16)23)30(20(31)14-2-1-6-26-12-14)32-13-15-5-7-27-21(28-15)29-10-8-25-9-11-29/h1-7,12,25H,8-11,13H2. The molecular formula is C21H19F3N6OS. The van der Waals surface area contributed by atoms with Crippen molar-refractivity contribution in [2.24, 2.45) is 0 Å². The molecule has 0 spiro atoms. The molecule has 0 radical (unpaired) electrons. The lowest BCUT2D eigenvalue weighted by Gasteiger charge is -2.27. The third-order valence-electron chi connectivity index (χ3n) is 4.77. The molecule has 32 heavy (non-hydrogen) atoms. The van der Waals surface area contributed by atoms with Crippen molar-refractivity contribution < 1.29 is 18.0 Å². The summed E-state index contributed by atoms with van der Waals surface area (Å²) in [5, 5.41) is 3.26. The average molecular weight is 460 g/mol. The summed E-state index contributed by atoms with van der Waals surface area (Å²) in [4.78, 5) is 27.8. The molecule has 0 atom stereocenters. The van der Waals surface area contributed by atoms with Crippen LogP contribution in [-0.2, 0) is 5.75 Å². The van der Waals surface area contributed by atoms with Crippen molar-refractivity contribution in [2.45, 2.75) is 5.75 Å². The zero-order chi connectivity index (χ0) is 22.5. The van der Waals surface area contributed by atoms with Crippen molar-refractivity contribution in [3.8, 4) is 0 Å². The molecule has 1 fully saturated rings. The molecule has 1 aliphatic rings. The van der Waals surface area contributed by atoms with E-state index in [2.05, 4.69) is 20.3 Å². The van der Waals surface area contributed by atoms with Gasteiger partial charge in [-0.25, -0.2) is 27.4 Å². The van der Waals surface area contributed by atoms with Gasteiger partial charge in [0, 0.05) is 44.8 Å². The van der Waals surface area contributed by atoms with Crippen LogP contribution in [0, 0.1) is 17.5 Å². The molecule has 0 saturated carbocycles. The van der Waals surface area contributed by atoms with Crippen LogP contribution in [0.3, 0.4) is 0 Å². The summed E-state index contributed by atoms with van der Waals surface area (Å²) in [6.45, 7) is 3.18. The van der Waals surface area contributed by atoms with Gasteiger partial charge in [-0.05, 0) is 42.3 Å². The quantitative estimate of drug-likeness (QED) is 0.447. The topological polar surface area (TPSA) is 74.2 Å². The summed E-state index contributed by atoms with van der Waals surface area (Å²) in [6, 6.07) is 6.56. The molecule has 11 heteroatoms. The monoisotopic (exact) mass is 460 g/mol. The number of halogens is 3. The molecule has 7 nitrogen and oxygen atoms in total. The van der Waals surface area contributed by atoms with Crippen LogP contribution < -0.4 is 14.5 Å². The predicted molar refractivity (Wildman–Crippen MR) is 116 cm³/mol. The average Bonchev–Trinajstić information content (AvgIpc) is 2.85. The highest BCUT2D eigenvalue weighted by molar-refractivity contribution is 8.00. The smallest absolute Gasteiger partial charge is 0.270 e. The van der Waals surface area contributed by atoms with E-state index < -0.39 is 23.4 Å². The maximum absolute atomic E-state index is 14.5. The van der Waals surface area contributed by atoms with Gasteiger partial charge in [0.15, 0.2) is 17.5 Å². The minimum absolute atomic E-state index is 0.173. The summed E-state index contributed by atoms with van der Waals surface area (Å²) in [6.07, 6.45) is 4.43. The van der Waals surface area contributed by atoms with Gasteiger partial charge in [-0.3, -0.25) is 9.78 Å². The second kappa shape index (κ2) is 9.96. The number of aromatic nitrogens is 3. The van der Waals surface area contributed by atoms with Gasteiger partial charge in [-0.15, -0.1) is 0 Å². The maximum atomic E-state index is 14.5. The first kappa shape index (κ1) is 22.0. The number of pyridine rings is 1. The van der Waals surface area contributed by atoms with Crippen molar-refractivity contribution in [3.63, 3.8) is 0 Å².